The van der Waals surface area contributed by atoms with E-state index >= 15 is 0 Å². The van der Waals surface area contributed by atoms with Crippen LogP contribution in [-0.4, -0.2) is 24.6 Å². The average Bonchev–Trinajstić information content (AvgIpc) is 2.78. The second-order valence-corrected chi connectivity index (χ2v) is 5.87. The number of halogens is 1. The van der Waals surface area contributed by atoms with Gasteiger partial charge >= 0.3 is 5.97 Å². The Kier molecular flexibility index (Phi) is 4.83. The van der Waals surface area contributed by atoms with Crippen molar-refractivity contribution >= 4 is 34.0 Å². The summed E-state index contributed by atoms with van der Waals surface area (Å²) < 4.78 is 4.64. The first-order chi connectivity index (χ1) is 8.70. The molecule has 0 amide bonds. The summed E-state index contributed by atoms with van der Waals surface area (Å²) in [7, 11) is 1.34. The fourth-order valence-electron chi connectivity index (χ4n) is 2.22. The minimum absolute atomic E-state index is 0.220. The summed E-state index contributed by atoms with van der Waals surface area (Å²) in [6.07, 6.45) is 6.54. The van der Waals surface area contributed by atoms with Gasteiger partial charge in [0.1, 0.15) is 0 Å². The zero-order valence-electron chi connectivity index (χ0n) is 10.4. The molecule has 1 aliphatic rings. The number of aromatic nitrogens is 1. The van der Waals surface area contributed by atoms with Crippen molar-refractivity contribution in [2.75, 3.05) is 19.0 Å². The monoisotopic (exact) mass is 288 g/mol. The van der Waals surface area contributed by atoms with Crippen molar-refractivity contribution in [1.82, 2.24) is 4.98 Å². The molecule has 1 saturated carbocycles. The van der Waals surface area contributed by atoms with Crippen LogP contribution in [0.1, 0.15) is 41.8 Å². The molecule has 0 radical (unpaired) electrons. The van der Waals surface area contributed by atoms with E-state index in [9.17, 15) is 4.79 Å². The maximum Gasteiger partial charge on any atom is 0.351 e. The van der Waals surface area contributed by atoms with E-state index in [0.717, 1.165) is 6.54 Å². The number of hydrogen-bond donors (Lipinski definition) is 1. The summed E-state index contributed by atoms with van der Waals surface area (Å²) in [6.45, 7) is 0.907. The summed E-state index contributed by atoms with van der Waals surface area (Å²) in [6, 6.07) is 0. The summed E-state index contributed by atoms with van der Waals surface area (Å²) in [4.78, 5) is 15.9. The van der Waals surface area contributed by atoms with Crippen LogP contribution in [0.4, 0.5) is 5.13 Å². The van der Waals surface area contributed by atoms with Crippen LogP contribution in [0.3, 0.4) is 0 Å². The molecule has 0 saturated heterocycles. The molecular weight excluding hydrogens is 272 g/mol. The molecule has 0 spiro atoms. The van der Waals surface area contributed by atoms with Gasteiger partial charge in [0.05, 0.1) is 7.11 Å². The molecule has 0 atom stereocenters. The van der Waals surface area contributed by atoms with Gasteiger partial charge < -0.3 is 10.1 Å². The fraction of sp³-hybridized carbons (Fsp3) is 0.667. The Hall–Kier alpha value is -0.810. The van der Waals surface area contributed by atoms with Gasteiger partial charge in [0.2, 0.25) is 0 Å². The standard InChI is InChI=1S/C12H17ClN2O2S/c1-17-11(16)9-10(13)15-12(18-9)14-7-8-5-3-2-4-6-8/h8H,2-7H2,1H3,(H,14,15). The van der Waals surface area contributed by atoms with E-state index in [2.05, 4.69) is 15.0 Å². The molecule has 6 heteroatoms. The second kappa shape index (κ2) is 6.38. The minimum Gasteiger partial charge on any atom is -0.465 e. The molecular formula is C12H17ClN2O2S. The van der Waals surface area contributed by atoms with Crippen molar-refractivity contribution in [3.05, 3.63) is 10.0 Å². The van der Waals surface area contributed by atoms with Crippen molar-refractivity contribution in [3.63, 3.8) is 0 Å². The van der Waals surface area contributed by atoms with Gasteiger partial charge in [0.25, 0.3) is 0 Å². The van der Waals surface area contributed by atoms with E-state index in [4.69, 9.17) is 11.6 Å². The highest BCUT2D eigenvalue weighted by Gasteiger charge is 2.18. The zero-order valence-corrected chi connectivity index (χ0v) is 11.9. The number of esters is 1. The first-order valence-electron chi connectivity index (χ1n) is 6.19. The SMILES string of the molecule is COC(=O)c1sc(NCC2CCCCC2)nc1Cl. The molecule has 1 heterocycles. The molecule has 1 fully saturated rings. The highest BCUT2D eigenvalue weighted by atomic mass is 35.5. The number of rotatable bonds is 4. The predicted octanol–water partition coefficient (Wildman–Crippen LogP) is 3.58. The highest BCUT2D eigenvalue weighted by molar-refractivity contribution is 7.18. The number of methoxy groups -OCH3 is 1. The third kappa shape index (κ3) is 3.36. The Morgan fingerprint density at radius 1 is 1.50 bits per heavy atom. The van der Waals surface area contributed by atoms with Crippen LogP contribution in [0, 0.1) is 5.92 Å². The molecule has 0 aliphatic heterocycles. The Morgan fingerprint density at radius 2 is 2.22 bits per heavy atom. The zero-order chi connectivity index (χ0) is 13.0. The molecule has 4 nitrogen and oxygen atoms in total. The number of ether oxygens (including phenoxy) is 1. The molecule has 18 heavy (non-hydrogen) atoms. The van der Waals surface area contributed by atoms with E-state index in [0.29, 0.717) is 15.9 Å². The van der Waals surface area contributed by atoms with E-state index in [-0.39, 0.29) is 5.15 Å². The molecule has 1 aromatic heterocycles. The molecule has 0 unspecified atom stereocenters. The summed E-state index contributed by atoms with van der Waals surface area (Å²) >= 11 is 7.15. The van der Waals surface area contributed by atoms with Crippen LogP contribution < -0.4 is 5.32 Å². The van der Waals surface area contributed by atoms with E-state index in [1.807, 2.05) is 0 Å². The van der Waals surface area contributed by atoms with Crippen LogP contribution >= 0.6 is 22.9 Å². The Labute approximate surface area is 116 Å². The third-order valence-corrected chi connectivity index (χ3v) is 4.60. The molecule has 1 aliphatic carbocycles. The molecule has 0 aromatic carbocycles. The van der Waals surface area contributed by atoms with Gasteiger partial charge in [0.15, 0.2) is 15.2 Å². The number of thiazole rings is 1. The Bertz CT molecular complexity index is 416. The topological polar surface area (TPSA) is 51.2 Å². The summed E-state index contributed by atoms with van der Waals surface area (Å²) in [5.74, 6) is 0.284. The number of nitrogens with zero attached hydrogens (tertiary/aromatic N) is 1. The lowest BCUT2D eigenvalue weighted by atomic mass is 9.89. The maximum absolute atomic E-state index is 11.4. The average molecular weight is 289 g/mol. The highest BCUT2D eigenvalue weighted by Crippen LogP contribution is 2.29. The number of anilines is 1. The van der Waals surface area contributed by atoms with E-state index in [1.165, 1.54) is 50.6 Å². The van der Waals surface area contributed by atoms with Gasteiger partial charge in [-0.15, -0.1) is 0 Å². The quantitative estimate of drug-likeness (QED) is 0.861. The van der Waals surface area contributed by atoms with Gasteiger partial charge in [-0.05, 0) is 18.8 Å². The molecule has 1 aromatic rings. The lowest BCUT2D eigenvalue weighted by Gasteiger charge is -2.21. The Balaban J connectivity index is 1.91. The van der Waals surface area contributed by atoms with E-state index in [1.54, 1.807) is 0 Å². The third-order valence-electron chi connectivity index (χ3n) is 3.22. The molecule has 100 valence electrons. The van der Waals surface area contributed by atoms with Gasteiger partial charge in [-0.2, -0.15) is 0 Å². The first kappa shape index (κ1) is 13.6. The van der Waals surface area contributed by atoms with Crippen molar-refractivity contribution in [1.29, 1.82) is 0 Å². The van der Waals surface area contributed by atoms with Crippen LogP contribution in [-0.2, 0) is 4.74 Å². The smallest absolute Gasteiger partial charge is 0.351 e. The first-order valence-corrected chi connectivity index (χ1v) is 7.38. The summed E-state index contributed by atoms with van der Waals surface area (Å²) in [5.41, 5.74) is 0. The van der Waals surface area contributed by atoms with Gasteiger partial charge in [0, 0.05) is 6.54 Å². The lowest BCUT2D eigenvalue weighted by Crippen LogP contribution is -2.16. The van der Waals surface area contributed by atoms with Crippen LogP contribution in [0.2, 0.25) is 5.15 Å². The van der Waals surface area contributed by atoms with E-state index < -0.39 is 5.97 Å². The van der Waals surface area contributed by atoms with Gasteiger partial charge in [-0.25, -0.2) is 9.78 Å². The number of carbonyl (C=O) groups excluding carboxylic acids is 1. The molecule has 1 N–H and O–H groups in total. The van der Waals surface area contributed by atoms with Crippen molar-refractivity contribution in [2.24, 2.45) is 5.92 Å². The minimum atomic E-state index is -0.428. The Morgan fingerprint density at radius 3 is 2.89 bits per heavy atom. The van der Waals surface area contributed by atoms with Crippen molar-refractivity contribution in [3.8, 4) is 0 Å². The lowest BCUT2D eigenvalue weighted by molar-refractivity contribution is 0.0606. The van der Waals surface area contributed by atoms with Crippen LogP contribution in [0.25, 0.3) is 0 Å². The number of hydrogen-bond acceptors (Lipinski definition) is 5. The maximum atomic E-state index is 11.4. The largest absolute Gasteiger partial charge is 0.465 e. The van der Waals surface area contributed by atoms with Gasteiger partial charge in [-0.1, -0.05) is 42.2 Å². The van der Waals surface area contributed by atoms with Crippen molar-refractivity contribution < 1.29 is 9.53 Å². The van der Waals surface area contributed by atoms with Crippen LogP contribution in [0.5, 0.6) is 0 Å². The fourth-order valence-corrected chi connectivity index (χ4v) is 3.33. The predicted molar refractivity (Wildman–Crippen MR) is 73.5 cm³/mol. The second-order valence-electron chi connectivity index (χ2n) is 4.52. The summed E-state index contributed by atoms with van der Waals surface area (Å²) in [5, 5.41) is 4.19. The number of nitrogens with one attached hydrogen (secondary N) is 1. The number of carbonyl (C=O) groups is 1. The van der Waals surface area contributed by atoms with Crippen molar-refractivity contribution in [2.45, 2.75) is 32.1 Å². The normalized spacial score (nSPS) is 16.6. The molecule has 2 rings (SSSR count). The van der Waals surface area contributed by atoms with Crippen LogP contribution in [0.15, 0.2) is 0 Å². The van der Waals surface area contributed by atoms with Gasteiger partial charge in [-0.3, -0.25) is 0 Å². The molecule has 0 bridgehead atoms.